The van der Waals surface area contributed by atoms with Gasteiger partial charge in [0.1, 0.15) is 17.5 Å². The molecule has 35 heavy (non-hydrogen) atoms. The summed E-state index contributed by atoms with van der Waals surface area (Å²) in [6.45, 7) is 4.66. The van der Waals surface area contributed by atoms with E-state index in [-0.39, 0.29) is 17.7 Å². The maximum atomic E-state index is 14.2. The van der Waals surface area contributed by atoms with E-state index in [2.05, 4.69) is 15.2 Å². The second-order valence-electron chi connectivity index (χ2n) is 9.24. The molecule has 2 aliphatic rings. The number of anilines is 1. The number of piperazine rings is 1. The monoisotopic (exact) mass is 485 g/mol. The topological polar surface area (TPSA) is 68.8 Å². The van der Waals surface area contributed by atoms with Gasteiger partial charge in [-0.25, -0.2) is 13.8 Å². The minimum atomic E-state index is -0.606. The Morgan fingerprint density at radius 1 is 1.03 bits per heavy atom. The minimum Gasteiger partial charge on any atom is -0.356 e. The number of halogens is 2. The zero-order chi connectivity index (χ0) is 24.6. The van der Waals surface area contributed by atoms with Crippen LogP contribution in [-0.2, 0) is 16.1 Å². The van der Waals surface area contributed by atoms with Gasteiger partial charge in [-0.15, -0.1) is 0 Å². The first-order chi connectivity index (χ1) is 17.0. The Balaban J connectivity index is 1.34. The predicted molar refractivity (Wildman–Crippen MR) is 130 cm³/mol. The van der Waals surface area contributed by atoms with Crippen LogP contribution in [0.25, 0.3) is 0 Å². The largest absolute Gasteiger partial charge is 0.356 e. The van der Waals surface area contributed by atoms with E-state index in [0.29, 0.717) is 64.1 Å². The fraction of sp³-hybridized carbons (Fsp3) is 0.500. The van der Waals surface area contributed by atoms with Crippen molar-refractivity contribution >= 4 is 17.6 Å². The highest BCUT2D eigenvalue weighted by Crippen LogP contribution is 2.20. The Morgan fingerprint density at radius 2 is 1.86 bits per heavy atom. The van der Waals surface area contributed by atoms with Crippen molar-refractivity contribution in [3.8, 4) is 0 Å². The predicted octanol–water partition coefficient (Wildman–Crippen LogP) is 2.82. The van der Waals surface area contributed by atoms with Crippen molar-refractivity contribution < 1.29 is 18.4 Å². The number of carbonyl (C=O) groups is 2. The second-order valence-corrected chi connectivity index (χ2v) is 9.24. The van der Waals surface area contributed by atoms with Crippen LogP contribution >= 0.6 is 0 Å². The summed E-state index contributed by atoms with van der Waals surface area (Å²) in [4.78, 5) is 36.2. The highest BCUT2D eigenvalue weighted by Gasteiger charge is 2.28. The van der Waals surface area contributed by atoms with Crippen molar-refractivity contribution in [3.05, 3.63) is 59.8 Å². The van der Waals surface area contributed by atoms with Crippen molar-refractivity contribution in [2.45, 2.75) is 32.2 Å². The molecule has 188 valence electrons. The summed E-state index contributed by atoms with van der Waals surface area (Å²) in [7, 11) is 0. The first-order valence-electron chi connectivity index (χ1n) is 12.4. The molecule has 0 aliphatic carbocycles. The maximum absolute atomic E-state index is 14.2. The molecule has 9 heteroatoms. The minimum absolute atomic E-state index is 0.0772. The van der Waals surface area contributed by atoms with Gasteiger partial charge in [0.2, 0.25) is 11.8 Å². The summed E-state index contributed by atoms with van der Waals surface area (Å²) in [6, 6.07) is 9.42. The van der Waals surface area contributed by atoms with Gasteiger partial charge < -0.3 is 15.1 Å². The molecule has 2 amide bonds. The molecule has 7 nitrogen and oxygen atoms in total. The first kappa shape index (κ1) is 25.0. The standard InChI is InChI=1S/C26H33F2N5O2/c27-22-7-6-21(23(28)18-22)19-31-12-3-4-20(8-11-30-25(34)9-13-31)26(35)33-16-14-32(15-17-33)24-5-1-2-10-29-24/h1-2,5-7,10,18,20H,3-4,8-9,11-17,19H2,(H,30,34). The zero-order valence-electron chi connectivity index (χ0n) is 20.0. The number of aromatic nitrogens is 1. The lowest BCUT2D eigenvalue weighted by Crippen LogP contribution is -2.51. The molecule has 2 aliphatic heterocycles. The smallest absolute Gasteiger partial charge is 0.225 e. The average molecular weight is 486 g/mol. The van der Waals surface area contributed by atoms with Crippen molar-refractivity contribution in [3.63, 3.8) is 0 Å². The van der Waals surface area contributed by atoms with Crippen molar-refractivity contribution in [1.29, 1.82) is 0 Å². The van der Waals surface area contributed by atoms with E-state index in [1.54, 1.807) is 6.20 Å². The molecule has 1 aromatic heterocycles. The van der Waals surface area contributed by atoms with Crippen LogP contribution in [0.4, 0.5) is 14.6 Å². The molecule has 0 radical (unpaired) electrons. The summed E-state index contributed by atoms with van der Waals surface area (Å²) < 4.78 is 27.5. The first-order valence-corrected chi connectivity index (χ1v) is 12.4. The van der Waals surface area contributed by atoms with Gasteiger partial charge in [-0.05, 0) is 44.0 Å². The number of nitrogens with one attached hydrogen (secondary N) is 1. The van der Waals surface area contributed by atoms with Crippen LogP contribution in [0.5, 0.6) is 0 Å². The molecule has 0 saturated carbocycles. The van der Waals surface area contributed by atoms with Gasteiger partial charge in [-0.1, -0.05) is 12.1 Å². The number of rotatable bonds is 4. The molecule has 0 bridgehead atoms. The molecule has 1 aromatic carbocycles. The maximum Gasteiger partial charge on any atom is 0.225 e. The lowest BCUT2D eigenvalue weighted by Gasteiger charge is -2.37. The molecule has 2 aromatic rings. The van der Waals surface area contributed by atoms with Crippen molar-refractivity contribution in [1.82, 2.24) is 20.1 Å². The van der Waals surface area contributed by atoms with Crippen LogP contribution < -0.4 is 10.2 Å². The second kappa shape index (κ2) is 12.1. The van der Waals surface area contributed by atoms with Crippen LogP contribution in [0.3, 0.4) is 0 Å². The molecule has 4 rings (SSSR count). The highest BCUT2D eigenvalue weighted by atomic mass is 19.1. The van der Waals surface area contributed by atoms with Crippen molar-refractivity contribution in [2.75, 3.05) is 50.7 Å². The molecular formula is C26H33F2N5O2. The van der Waals surface area contributed by atoms with Crippen LogP contribution in [0.1, 0.15) is 31.2 Å². The van der Waals surface area contributed by atoms with E-state index in [0.717, 1.165) is 31.4 Å². The van der Waals surface area contributed by atoms with E-state index in [4.69, 9.17) is 0 Å². The van der Waals surface area contributed by atoms with Crippen LogP contribution in [0, 0.1) is 17.6 Å². The van der Waals surface area contributed by atoms with E-state index >= 15 is 0 Å². The molecule has 2 fully saturated rings. The number of pyridine rings is 1. The van der Waals surface area contributed by atoms with Gasteiger partial charge in [0.05, 0.1) is 0 Å². The molecule has 3 heterocycles. The molecular weight excluding hydrogens is 452 g/mol. The van der Waals surface area contributed by atoms with E-state index in [1.165, 1.54) is 12.1 Å². The highest BCUT2D eigenvalue weighted by molar-refractivity contribution is 5.79. The SMILES string of the molecule is O=C1CCN(Cc2ccc(F)cc2F)CCCC(C(=O)N2CCN(c3ccccn3)CC2)CCN1. The number of nitrogens with zero attached hydrogens (tertiary/aromatic N) is 4. The molecule has 2 saturated heterocycles. The summed E-state index contributed by atoms with van der Waals surface area (Å²) >= 11 is 0. The molecule has 1 N–H and O–H groups in total. The third kappa shape index (κ3) is 6.97. The molecule has 1 unspecified atom stereocenters. The fourth-order valence-electron chi connectivity index (χ4n) is 4.80. The normalized spacial score (nSPS) is 20.7. The van der Waals surface area contributed by atoms with Gasteiger partial charge in [-0.3, -0.25) is 14.5 Å². The Bertz CT molecular complexity index is 998. The number of carbonyl (C=O) groups excluding carboxylic acids is 2. The molecule has 0 spiro atoms. The Morgan fingerprint density at radius 3 is 2.60 bits per heavy atom. The number of amides is 2. The summed E-state index contributed by atoms with van der Waals surface area (Å²) in [5.41, 5.74) is 0.403. The van der Waals surface area contributed by atoms with Gasteiger partial charge in [0.25, 0.3) is 0 Å². The van der Waals surface area contributed by atoms with Gasteiger partial charge in [0, 0.05) is 76.0 Å². The zero-order valence-corrected chi connectivity index (χ0v) is 20.0. The Kier molecular flexibility index (Phi) is 8.63. The van der Waals surface area contributed by atoms with Gasteiger partial charge in [0.15, 0.2) is 0 Å². The Labute approximate surface area is 205 Å². The average Bonchev–Trinajstić information content (AvgIpc) is 2.91. The summed E-state index contributed by atoms with van der Waals surface area (Å²) in [6.07, 6.45) is 4.16. The van der Waals surface area contributed by atoms with Crippen LogP contribution in [0.15, 0.2) is 42.6 Å². The fourth-order valence-corrected chi connectivity index (χ4v) is 4.80. The van der Waals surface area contributed by atoms with Gasteiger partial charge >= 0.3 is 0 Å². The van der Waals surface area contributed by atoms with Crippen LogP contribution in [-0.4, -0.2) is 72.4 Å². The Hall–Kier alpha value is -3.07. The number of hydrogen-bond acceptors (Lipinski definition) is 5. The van der Waals surface area contributed by atoms with Gasteiger partial charge in [-0.2, -0.15) is 0 Å². The summed E-state index contributed by atoms with van der Waals surface area (Å²) in [5, 5.41) is 2.92. The van der Waals surface area contributed by atoms with E-state index in [1.807, 2.05) is 28.0 Å². The van der Waals surface area contributed by atoms with Crippen LogP contribution in [0.2, 0.25) is 0 Å². The lowest BCUT2D eigenvalue weighted by molar-refractivity contribution is -0.136. The van der Waals surface area contributed by atoms with Crippen molar-refractivity contribution in [2.24, 2.45) is 5.92 Å². The summed E-state index contributed by atoms with van der Waals surface area (Å²) in [5.74, 6) is -0.372. The third-order valence-corrected chi connectivity index (χ3v) is 6.82. The number of benzene rings is 1. The number of hydrogen-bond donors (Lipinski definition) is 1. The quantitative estimate of drug-likeness (QED) is 0.722. The van der Waals surface area contributed by atoms with E-state index in [9.17, 15) is 18.4 Å². The third-order valence-electron chi connectivity index (χ3n) is 6.82. The van der Waals surface area contributed by atoms with E-state index < -0.39 is 11.6 Å². The lowest BCUT2D eigenvalue weighted by atomic mass is 9.97. The molecule has 1 atom stereocenters.